The second-order valence-corrected chi connectivity index (χ2v) is 6.60. The van der Waals surface area contributed by atoms with Crippen molar-refractivity contribution >= 4 is 28.8 Å². The van der Waals surface area contributed by atoms with Crippen molar-refractivity contribution in [3.63, 3.8) is 0 Å². The lowest BCUT2D eigenvalue weighted by Crippen LogP contribution is -2.49. The zero-order chi connectivity index (χ0) is 13.0. The maximum absolute atomic E-state index is 12.4. The SMILES string of the molecule is CCC1(C(=O)NCc2ccc(Cl)s2)CCCNC1. The summed E-state index contributed by atoms with van der Waals surface area (Å²) in [6, 6.07) is 3.83. The van der Waals surface area contributed by atoms with Gasteiger partial charge in [-0.3, -0.25) is 4.79 Å². The molecule has 18 heavy (non-hydrogen) atoms. The van der Waals surface area contributed by atoms with Crippen molar-refractivity contribution in [3.8, 4) is 0 Å². The topological polar surface area (TPSA) is 41.1 Å². The lowest BCUT2D eigenvalue weighted by Gasteiger charge is -2.35. The molecule has 0 bridgehead atoms. The minimum Gasteiger partial charge on any atom is -0.351 e. The van der Waals surface area contributed by atoms with Gasteiger partial charge in [0.2, 0.25) is 5.91 Å². The Morgan fingerprint density at radius 2 is 2.44 bits per heavy atom. The van der Waals surface area contributed by atoms with Gasteiger partial charge in [0.15, 0.2) is 0 Å². The number of rotatable bonds is 4. The number of carbonyl (C=O) groups excluding carboxylic acids is 1. The molecule has 3 nitrogen and oxygen atoms in total. The van der Waals surface area contributed by atoms with Crippen LogP contribution in [0.25, 0.3) is 0 Å². The third kappa shape index (κ3) is 3.05. The fraction of sp³-hybridized carbons (Fsp3) is 0.615. The van der Waals surface area contributed by atoms with E-state index in [4.69, 9.17) is 11.6 Å². The summed E-state index contributed by atoms with van der Waals surface area (Å²) < 4.78 is 0.767. The standard InChI is InChI=1S/C13H19ClN2OS/c1-2-13(6-3-7-15-9-13)12(17)16-8-10-4-5-11(14)18-10/h4-5,15H,2-3,6-9H2,1H3,(H,16,17). The van der Waals surface area contributed by atoms with Crippen molar-refractivity contribution in [3.05, 3.63) is 21.3 Å². The van der Waals surface area contributed by atoms with Crippen LogP contribution in [0.3, 0.4) is 0 Å². The van der Waals surface area contributed by atoms with E-state index in [9.17, 15) is 4.79 Å². The number of thiophene rings is 1. The van der Waals surface area contributed by atoms with E-state index in [-0.39, 0.29) is 11.3 Å². The molecule has 100 valence electrons. The third-order valence-electron chi connectivity index (χ3n) is 3.68. The van der Waals surface area contributed by atoms with Gasteiger partial charge in [0.25, 0.3) is 0 Å². The van der Waals surface area contributed by atoms with E-state index in [1.54, 1.807) is 0 Å². The Balaban J connectivity index is 1.93. The first kappa shape index (κ1) is 13.8. The molecule has 0 saturated carbocycles. The molecule has 2 N–H and O–H groups in total. The maximum Gasteiger partial charge on any atom is 0.227 e. The number of piperidine rings is 1. The van der Waals surface area contributed by atoms with Crippen molar-refractivity contribution in [2.75, 3.05) is 13.1 Å². The zero-order valence-electron chi connectivity index (χ0n) is 10.6. The fourth-order valence-corrected chi connectivity index (χ4v) is 3.45. The van der Waals surface area contributed by atoms with Crippen molar-refractivity contribution in [2.24, 2.45) is 5.41 Å². The molecule has 1 unspecified atom stereocenters. The molecule has 0 radical (unpaired) electrons. The molecule has 1 aliphatic rings. The number of amides is 1. The lowest BCUT2D eigenvalue weighted by atomic mass is 9.77. The molecular formula is C13H19ClN2OS. The lowest BCUT2D eigenvalue weighted by molar-refractivity contribution is -0.132. The third-order valence-corrected chi connectivity index (χ3v) is 4.91. The summed E-state index contributed by atoms with van der Waals surface area (Å²) in [6.07, 6.45) is 2.94. The minimum atomic E-state index is -0.223. The largest absolute Gasteiger partial charge is 0.351 e. The van der Waals surface area contributed by atoms with Crippen LogP contribution in [0.2, 0.25) is 4.34 Å². The average Bonchev–Trinajstić information content (AvgIpc) is 2.82. The average molecular weight is 287 g/mol. The van der Waals surface area contributed by atoms with Gasteiger partial charge < -0.3 is 10.6 Å². The van der Waals surface area contributed by atoms with Crippen LogP contribution in [0, 0.1) is 5.41 Å². The molecule has 1 saturated heterocycles. The molecular weight excluding hydrogens is 268 g/mol. The Hall–Kier alpha value is -0.580. The van der Waals surface area contributed by atoms with Gasteiger partial charge in [0.05, 0.1) is 16.3 Å². The van der Waals surface area contributed by atoms with E-state index in [0.29, 0.717) is 6.54 Å². The molecule has 1 atom stereocenters. The van der Waals surface area contributed by atoms with Gasteiger partial charge in [-0.1, -0.05) is 18.5 Å². The zero-order valence-corrected chi connectivity index (χ0v) is 12.2. The highest BCUT2D eigenvalue weighted by atomic mass is 35.5. The molecule has 5 heteroatoms. The second-order valence-electron chi connectivity index (χ2n) is 4.80. The van der Waals surface area contributed by atoms with E-state index in [1.165, 1.54) is 11.3 Å². The molecule has 0 aromatic carbocycles. The summed E-state index contributed by atoms with van der Waals surface area (Å²) in [5.41, 5.74) is -0.223. The van der Waals surface area contributed by atoms with E-state index < -0.39 is 0 Å². The Kier molecular flexibility index (Phi) is 4.65. The van der Waals surface area contributed by atoms with Crippen LogP contribution in [0.1, 0.15) is 31.1 Å². The highest BCUT2D eigenvalue weighted by molar-refractivity contribution is 7.16. The second kappa shape index (κ2) is 6.04. The normalized spacial score (nSPS) is 23.9. The van der Waals surface area contributed by atoms with Crippen molar-refractivity contribution < 1.29 is 4.79 Å². The molecule has 2 rings (SSSR count). The van der Waals surface area contributed by atoms with Gasteiger partial charge in [-0.15, -0.1) is 11.3 Å². The summed E-state index contributed by atoms with van der Waals surface area (Å²) in [4.78, 5) is 13.5. The molecule has 2 heterocycles. The van der Waals surface area contributed by atoms with Crippen LogP contribution in [-0.4, -0.2) is 19.0 Å². The number of hydrogen-bond acceptors (Lipinski definition) is 3. The summed E-state index contributed by atoms with van der Waals surface area (Å²) in [5.74, 6) is 0.168. The number of nitrogens with one attached hydrogen (secondary N) is 2. The highest BCUT2D eigenvalue weighted by Gasteiger charge is 2.37. The quantitative estimate of drug-likeness (QED) is 0.894. The van der Waals surface area contributed by atoms with E-state index >= 15 is 0 Å². The van der Waals surface area contributed by atoms with Crippen LogP contribution in [0.4, 0.5) is 0 Å². The minimum absolute atomic E-state index is 0.168. The maximum atomic E-state index is 12.4. The van der Waals surface area contributed by atoms with Gasteiger partial charge in [-0.2, -0.15) is 0 Å². The fourth-order valence-electron chi connectivity index (χ4n) is 2.43. The predicted octanol–water partition coefficient (Wildman–Crippen LogP) is 2.80. The summed E-state index contributed by atoms with van der Waals surface area (Å²) >= 11 is 7.39. The summed E-state index contributed by atoms with van der Waals surface area (Å²) in [7, 11) is 0. The Labute approximate surface area is 117 Å². The molecule has 0 spiro atoms. The van der Waals surface area contributed by atoms with E-state index in [0.717, 1.165) is 41.6 Å². The van der Waals surface area contributed by atoms with E-state index in [1.807, 2.05) is 12.1 Å². The van der Waals surface area contributed by atoms with Gasteiger partial charge in [0, 0.05) is 11.4 Å². The first-order valence-corrected chi connectivity index (χ1v) is 7.59. The Morgan fingerprint density at radius 3 is 3.00 bits per heavy atom. The van der Waals surface area contributed by atoms with Crippen molar-refractivity contribution in [1.29, 1.82) is 0 Å². The highest BCUT2D eigenvalue weighted by Crippen LogP contribution is 2.30. The Bertz CT molecular complexity index is 413. The molecule has 1 amide bonds. The summed E-state index contributed by atoms with van der Waals surface area (Å²) in [5, 5.41) is 6.38. The van der Waals surface area contributed by atoms with E-state index in [2.05, 4.69) is 17.6 Å². The summed E-state index contributed by atoms with van der Waals surface area (Å²) in [6.45, 7) is 4.49. The molecule has 0 aliphatic carbocycles. The van der Waals surface area contributed by atoms with Crippen LogP contribution in [0.15, 0.2) is 12.1 Å². The van der Waals surface area contributed by atoms with Crippen molar-refractivity contribution in [2.45, 2.75) is 32.7 Å². The smallest absolute Gasteiger partial charge is 0.227 e. The number of halogens is 1. The van der Waals surface area contributed by atoms with Gasteiger partial charge >= 0.3 is 0 Å². The van der Waals surface area contributed by atoms with Crippen LogP contribution < -0.4 is 10.6 Å². The monoisotopic (exact) mass is 286 g/mol. The van der Waals surface area contributed by atoms with Crippen molar-refractivity contribution in [1.82, 2.24) is 10.6 Å². The van der Waals surface area contributed by atoms with Gasteiger partial charge in [-0.05, 0) is 37.9 Å². The van der Waals surface area contributed by atoms with Crippen LogP contribution >= 0.6 is 22.9 Å². The van der Waals surface area contributed by atoms with Crippen LogP contribution in [0.5, 0.6) is 0 Å². The molecule has 1 aliphatic heterocycles. The predicted molar refractivity (Wildman–Crippen MR) is 76.0 cm³/mol. The Morgan fingerprint density at radius 1 is 1.61 bits per heavy atom. The first-order valence-electron chi connectivity index (χ1n) is 6.39. The van der Waals surface area contributed by atoms with Gasteiger partial charge in [-0.25, -0.2) is 0 Å². The number of hydrogen-bond donors (Lipinski definition) is 2. The molecule has 1 aromatic rings. The first-order chi connectivity index (χ1) is 8.66. The number of carbonyl (C=O) groups is 1. The molecule has 1 aromatic heterocycles. The molecule has 1 fully saturated rings. The van der Waals surface area contributed by atoms with Crippen LogP contribution in [-0.2, 0) is 11.3 Å². The van der Waals surface area contributed by atoms with Gasteiger partial charge in [0.1, 0.15) is 0 Å².